The number of amides is 3. The molecule has 2 aromatic rings. The summed E-state index contributed by atoms with van der Waals surface area (Å²) in [6, 6.07) is 13.9. The van der Waals surface area contributed by atoms with Crippen molar-refractivity contribution in [3.8, 4) is 0 Å². The summed E-state index contributed by atoms with van der Waals surface area (Å²) in [4.78, 5) is 35.6. The minimum Gasteiger partial charge on any atom is -0.376 e. The largest absolute Gasteiger partial charge is 0.376 e. The lowest BCUT2D eigenvalue weighted by Gasteiger charge is -2.10. The molecule has 0 saturated heterocycles. The first-order chi connectivity index (χ1) is 13.9. The van der Waals surface area contributed by atoms with Gasteiger partial charge in [0.15, 0.2) is 0 Å². The van der Waals surface area contributed by atoms with Crippen LogP contribution in [-0.2, 0) is 9.59 Å². The molecule has 0 aliphatic rings. The topological polar surface area (TPSA) is 99.3 Å². The summed E-state index contributed by atoms with van der Waals surface area (Å²) in [7, 11) is 0. The molecule has 0 bridgehead atoms. The number of hydrogen-bond donors (Lipinski definition) is 4. The Morgan fingerprint density at radius 3 is 1.86 bits per heavy atom. The molecule has 3 amide bonds. The van der Waals surface area contributed by atoms with Crippen molar-refractivity contribution in [1.82, 2.24) is 5.32 Å². The van der Waals surface area contributed by atoms with Gasteiger partial charge in [0, 0.05) is 35.6 Å². The van der Waals surface area contributed by atoms with E-state index in [-0.39, 0.29) is 24.3 Å². The van der Waals surface area contributed by atoms with Crippen LogP contribution in [0, 0.1) is 5.92 Å². The summed E-state index contributed by atoms with van der Waals surface area (Å²) < 4.78 is 0. The Hall–Kier alpha value is -3.35. The maximum atomic E-state index is 12.1. The monoisotopic (exact) mass is 396 g/mol. The van der Waals surface area contributed by atoms with E-state index in [4.69, 9.17) is 0 Å². The van der Waals surface area contributed by atoms with Gasteiger partial charge in [0.1, 0.15) is 0 Å². The Labute approximate surface area is 171 Å². The molecule has 4 N–H and O–H groups in total. The molecule has 0 heterocycles. The van der Waals surface area contributed by atoms with Gasteiger partial charge in [-0.1, -0.05) is 13.8 Å². The number of hydrogen-bond acceptors (Lipinski definition) is 4. The van der Waals surface area contributed by atoms with E-state index in [9.17, 15) is 14.4 Å². The second-order valence-electron chi connectivity index (χ2n) is 7.06. The highest BCUT2D eigenvalue weighted by atomic mass is 16.2. The van der Waals surface area contributed by atoms with E-state index in [1.54, 1.807) is 48.5 Å². The standard InChI is InChI=1S/C22H28N4O3/c1-4-23-22(29)16-5-7-18(8-6-16)26-21(28)14-24-17-9-11-19(12-10-17)25-20(27)13-15(2)3/h5-12,15,24H,4,13-14H2,1-3H3,(H,23,29)(H,25,27)(H,26,28). The van der Waals surface area contributed by atoms with Crippen molar-refractivity contribution >= 4 is 34.8 Å². The fourth-order valence-corrected chi connectivity index (χ4v) is 2.61. The molecule has 0 spiro atoms. The third-order valence-electron chi connectivity index (χ3n) is 3.98. The minimum absolute atomic E-state index is 0.0155. The number of benzene rings is 2. The molecular formula is C22H28N4O3. The van der Waals surface area contributed by atoms with Crippen LogP contribution >= 0.6 is 0 Å². The van der Waals surface area contributed by atoms with Crippen LogP contribution in [0.15, 0.2) is 48.5 Å². The Kier molecular flexibility index (Phi) is 8.21. The van der Waals surface area contributed by atoms with Crippen LogP contribution in [0.2, 0.25) is 0 Å². The molecule has 0 aliphatic heterocycles. The Morgan fingerprint density at radius 1 is 0.793 bits per heavy atom. The van der Waals surface area contributed by atoms with Crippen LogP contribution < -0.4 is 21.3 Å². The number of carbonyl (C=O) groups excluding carboxylic acids is 3. The highest BCUT2D eigenvalue weighted by molar-refractivity contribution is 5.96. The van der Waals surface area contributed by atoms with Crippen LogP contribution in [0.3, 0.4) is 0 Å². The van der Waals surface area contributed by atoms with Gasteiger partial charge < -0.3 is 21.3 Å². The highest BCUT2D eigenvalue weighted by Gasteiger charge is 2.07. The Bertz CT molecular complexity index is 830. The zero-order valence-corrected chi connectivity index (χ0v) is 17.0. The van der Waals surface area contributed by atoms with Crippen molar-refractivity contribution in [3.05, 3.63) is 54.1 Å². The van der Waals surface area contributed by atoms with E-state index in [0.29, 0.717) is 30.1 Å². The number of carbonyl (C=O) groups is 3. The quantitative estimate of drug-likeness (QED) is 0.521. The van der Waals surface area contributed by atoms with E-state index in [1.165, 1.54) is 0 Å². The first-order valence-corrected chi connectivity index (χ1v) is 9.69. The summed E-state index contributed by atoms with van der Waals surface area (Å²) >= 11 is 0. The van der Waals surface area contributed by atoms with E-state index in [2.05, 4.69) is 21.3 Å². The summed E-state index contributed by atoms with van der Waals surface area (Å²) in [5.41, 5.74) is 2.66. The van der Waals surface area contributed by atoms with Gasteiger partial charge in [0.05, 0.1) is 6.54 Å². The average molecular weight is 396 g/mol. The second kappa shape index (κ2) is 10.8. The third-order valence-corrected chi connectivity index (χ3v) is 3.98. The SMILES string of the molecule is CCNC(=O)c1ccc(NC(=O)CNc2ccc(NC(=O)CC(C)C)cc2)cc1. The summed E-state index contributed by atoms with van der Waals surface area (Å²) in [5, 5.41) is 11.4. The van der Waals surface area contributed by atoms with Crippen LogP contribution in [0.25, 0.3) is 0 Å². The van der Waals surface area contributed by atoms with Crippen LogP contribution in [0.1, 0.15) is 37.6 Å². The van der Waals surface area contributed by atoms with Gasteiger partial charge in [-0.3, -0.25) is 14.4 Å². The van der Waals surface area contributed by atoms with Crippen molar-refractivity contribution in [1.29, 1.82) is 0 Å². The predicted molar refractivity (Wildman–Crippen MR) is 116 cm³/mol. The van der Waals surface area contributed by atoms with E-state index < -0.39 is 0 Å². The van der Waals surface area contributed by atoms with Crippen LogP contribution in [0.5, 0.6) is 0 Å². The van der Waals surface area contributed by atoms with Gasteiger partial charge in [-0.25, -0.2) is 0 Å². The lowest BCUT2D eigenvalue weighted by molar-refractivity contribution is -0.117. The predicted octanol–water partition coefficient (Wildman–Crippen LogP) is 3.47. The molecule has 29 heavy (non-hydrogen) atoms. The molecule has 7 nitrogen and oxygen atoms in total. The normalized spacial score (nSPS) is 10.3. The van der Waals surface area contributed by atoms with E-state index >= 15 is 0 Å². The maximum Gasteiger partial charge on any atom is 0.251 e. The van der Waals surface area contributed by atoms with Gasteiger partial charge in [0.25, 0.3) is 5.91 Å². The number of rotatable bonds is 9. The molecule has 2 rings (SSSR count). The van der Waals surface area contributed by atoms with Crippen LogP contribution in [-0.4, -0.2) is 30.8 Å². The lowest BCUT2D eigenvalue weighted by Crippen LogP contribution is -2.23. The Balaban J connectivity index is 1.80. The summed E-state index contributed by atoms with van der Waals surface area (Å²) in [5.74, 6) is -0.0570. The maximum absolute atomic E-state index is 12.1. The van der Waals surface area contributed by atoms with Gasteiger partial charge in [-0.05, 0) is 61.4 Å². The summed E-state index contributed by atoms with van der Waals surface area (Å²) in [6.45, 7) is 6.51. The van der Waals surface area contributed by atoms with Gasteiger partial charge >= 0.3 is 0 Å². The molecule has 0 radical (unpaired) electrons. The fraction of sp³-hybridized carbons (Fsp3) is 0.318. The van der Waals surface area contributed by atoms with Crippen LogP contribution in [0.4, 0.5) is 17.1 Å². The zero-order chi connectivity index (χ0) is 21.2. The number of anilines is 3. The average Bonchev–Trinajstić information content (AvgIpc) is 2.67. The molecule has 0 aliphatic carbocycles. The van der Waals surface area contributed by atoms with Crippen molar-refractivity contribution in [2.45, 2.75) is 27.2 Å². The molecule has 2 aromatic carbocycles. The molecule has 7 heteroatoms. The van der Waals surface area contributed by atoms with E-state index in [1.807, 2.05) is 20.8 Å². The first-order valence-electron chi connectivity index (χ1n) is 9.69. The van der Waals surface area contributed by atoms with Crippen molar-refractivity contribution in [2.24, 2.45) is 5.92 Å². The molecule has 154 valence electrons. The first kappa shape index (κ1) is 21.9. The molecular weight excluding hydrogens is 368 g/mol. The Morgan fingerprint density at radius 2 is 1.31 bits per heavy atom. The fourth-order valence-electron chi connectivity index (χ4n) is 2.61. The lowest BCUT2D eigenvalue weighted by atomic mass is 10.1. The molecule has 0 aromatic heterocycles. The molecule has 0 unspecified atom stereocenters. The van der Waals surface area contributed by atoms with Gasteiger partial charge in [-0.2, -0.15) is 0 Å². The highest BCUT2D eigenvalue weighted by Crippen LogP contribution is 2.15. The smallest absolute Gasteiger partial charge is 0.251 e. The van der Waals surface area contributed by atoms with Gasteiger partial charge in [0.2, 0.25) is 11.8 Å². The zero-order valence-electron chi connectivity index (χ0n) is 17.0. The summed E-state index contributed by atoms with van der Waals surface area (Å²) in [6.07, 6.45) is 0.477. The molecule has 0 saturated carbocycles. The van der Waals surface area contributed by atoms with Crippen molar-refractivity contribution in [2.75, 3.05) is 29.0 Å². The second-order valence-corrected chi connectivity index (χ2v) is 7.06. The minimum atomic E-state index is -0.204. The van der Waals surface area contributed by atoms with Crippen molar-refractivity contribution in [3.63, 3.8) is 0 Å². The van der Waals surface area contributed by atoms with Crippen molar-refractivity contribution < 1.29 is 14.4 Å². The van der Waals surface area contributed by atoms with Gasteiger partial charge in [-0.15, -0.1) is 0 Å². The third kappa shape index (κ3) is 7.65. The molecule has 0 atom stereocenters. The molecule has 0 fully saturated rings. The van der Waals surface area contributed by atoms with E-state index in [0.717, 1.165) is 11.4 Å². The number of nitrogens with one attached hydrogen (secondary N) is 4.